The van der Waals surface area contributed by atoms with Gasteiger partial charge in [-0.2, -0.15) is 0 Å². The van der Waals surface area contributed by atoms with E-state index in [4.69, 9.17) is 17.0 Å². The van der Waals surface area contributed by atoms with Crippen molar-refractivity contribution in [3.63, 3.8) is 0 Å². The Balaban J connectivity index is 1.47. The van der Waals surface area contributed by atoms with Crippen molar-refractivity contribution in [1.82, 2.24) is 5.32 Å². The molecule has 0 spiro atoms. The number of halogens is 1. The standard InChI is InChI=1S/C22H19IN2O2S/c23-20-9-5-4-8-19(20)21(26)25-22(28)24-17-10-12-18(13-11-17)27-15-14-16-6-2-1-3-7-16/h1-13H,14-15H2,(H2,24,25,26,28). The molecule has 1 amide bonds. The number of carbonyl (C=O) groups excluding carboxylic acids is 1. The van der Waals surface area contributed by atoms with E-state index < -0.39 is 0 Å². The molecule has 0 saturated heterocycles. The van der Waals surface area contributed by atoms with Crippen LogP contribution in [0.2, 0.25) is 0 Å². The van der Waals surface area contributed by atoms with Crippen LogP contribution in [0.25, 0.3) is 0 Å². The lowest BCUT2D eigenvalue weighted by Gasteiger charge is -2.11. The Morgan fingerprint density at radius 3 is 2.32 bits per heavy atom. The monoisotopic (exact) mass is 502 g/mol. The number of anilines is 1. The summed E-state index contributed by atoms with van der Waals surface area (Å²) in [6.45, 7) is 0.612. The molecule has 0 saturated carbocycles. The predicted molar refractivity (Wildman–Crippen MR) is 125 cm³/mol. The number of rotatable bonds is 6. The van der Waals surface area contributed by atoms with Gasteiger partial charge in [0, 0.05) is 15.7 Å². The zero-order valence-electron chi connectivity index (χ0n) is 15.0. The molecule has 3 aromatic carbocycles. The van der Waals surface area contributed by atoms with Gasteiger partial charge in [-0.1, -0.05) is 42.5 Å². The number of amides is 1. The van der Waals surface area contributed by atoms with Gasteiger partial charge < -0.3 is 10.1 Å². The zero-order chi connectivity index (χ0) is 19.8. The number of nitrogens with one attached hydrogen (secondary N) is 2. The maximum atomic E-state index is 12.3. The summed E-state index contributed by atoms with van der Waals surface area (Å²) in [5.74, 6) is 0.554. The lowest BCUT2D eigenvalue weighted by atomic mass is 10.2. The highest BCUT2D eigenvalue weighted by atomic mass is 127. The molecule has 0 unspecified atom stereocenters. The lowest BCUT2D eigenvalue weighted by molar-refractivity contribution is 0.0977. The van der Waals surface area contributed by atoms with Crippen LogP contribution in [0.15, 0.2) is 78.9 Å². The van der Waals surface area contributed by atoms with Gasteiger partial charge in [0.05, 0.1) is 12.2 Å². The number of carbonyl (C=O) groups is 1. The quantitative estimate of drug-likeness (QED) is 0.367. The van der Waals surface area contributed by atoms with Crippen LogP contribution in [0.1, 0.15) is 15.9 Å². The van der Waals surface area contributed by atoms with Gasteiger partial charge in [-0.05, 0) is 76.8 Å². The Labute approximate surface area is 183 Å². The van der Waals surface area contributed by atoms with E-state index in [2.05, 4.69) is 45.4 Å². The molecule has 0 aliphatic rings. The summed E-state index contributed by atoms with van der Waals surface area (Å²) < 4.78 is 6.65. The molecule has 0 bridgehead atoms. The second kappa shape index (κ2) is 10.2. The summed E-state index contributed by atoms with van der Waals surface area (Å²) in [5, 5.41) is 5.96. The maximum Gasteiger partial charge on any atom is 0.258 e. The van der Waals surface area contributed by atoms with E-state index in [9.17, 15) is 4.79 Å². The Morgan fingerprint density at radius 1 is 0.929 bits per heavy atom. The van der Waals surface area contributed by atoms with E-state index in [0.29, 0.717) is 12.2 Å². The predicted octanol–water partition coefficient (Wildman–Crippen LogP) is 5.04. The van der Waals surface area contributed by atoms with Gasteiger partial charge in [0.2, 0.25) is 0 Å². The molecule has 4 nitrogen and oxygen atoms in total. The highest BCUT2D eigenvalue weighted by Crippen LogP contribution is 2.16. The normalized spacial score (nSPS) is 10.2. The smallest absolute Gasteiger partial charge is 0.258 e. The van der Waals surface area contributed by atoms with Crippen molar-refractivity contribution in [1.29, 1.82) is 0 Å². The number of hydrogen-bond acceptors (Lipinski definition) is 3. The van der Waals surface area contributed by atoms with Crippen LogP contribution in [0.4, 0.5) is 5.69 Å². The summed E-state index contributed by atoms with van der Waals surface area (Å²) in [6, 6.07) is 25.0. The second-order valence-electron chi connectivity index (χ2n) is 6.00. The molecule has 142 valence electrons. The minimum atomic E-state index is -0.233. The van der Waals surface area contributed by atoms with Crippen LogP contribution in [-0.4, -0.2) is 17.6 Å². The summed E-state index contributed by atoms with van der Waals surface area (Å²) in [5.41, 5.74) is 2.62. The minimum absolute atomic E-state index is 0.233. The first-order valence-electron chi connectivity index (χ1n) is 8.75. The summed E-state index contributed by atoms with van der Waals surface area (Å²) in [6.07, 6.45) is 0.856. The average molecular weight is 502 g/mol. The third kappa shape index (κ3) is 6.03. The first-order valence-corrected chi connectivity index (χ1v) is 10.2. The Hall–Kier alpha value is -2.45. The van der Waals surface area contributed by atoms with E-state index in [1.165, 1.54) is 5.56 Å². The van der Waals surface area contributed by atoms with Crippen molar-refractivity contribution >= 4 is 51.5 Å². The first kappa shape index (κ1) is 20.3. The van der Waals surface area contributed by atoms with Crippen LogP contribution in [0, 0.1) is 3.57 Å². The molecule has 6 heteroatoms. The maximum absolute atomic E-state index is 12.3. The molecule has 3 aromatic rings. The van der Waals surface area contributed by atoms with E-state index in [1.54, 1.807) is 6.07 Å². The van der Waals surface area contributed by atoms with Crippen LogP contribution in [0.3, 0.4) is 0 Å². The number of ether oxygens (including phenoxy) is 1. The SMILES string of the molecule is O=C(NC(=S)Nc1ccc(OCCc2ccccc2)cc1)c1ccccc1I. The number of benzene rings is 3. The Bertz CT molecular complexity index is 946. The second-order valence-corrected chi connectivity index (χ2v) is 7.57. The molecule has 3 rings (SSSR count). The molecule has 2 N–H and O–H groups in total. The molecule has 28 heavy (non-hydrogen) atoms. The van der Waals surface area contributed by atoms with Crippen LogP contribution >= 0.6 is 34.8 Å². The largest absolute Gasteiger partial charge is 0.493 e. The van der Waals surface area contributed by atoms with Gasteiger partial charge in [0.1, 0.15) is 5.75 Å². The summed E-state index contributed by atoms with van der Waals surface area (Å²) >= 11 is 7.36. The third-order valence-electron chi connectivity index (χ3n) is 3.96. The van der Waals surface area contributed by atoms with Gasteiger partial charge >= 0.3 is 0 Å². The molecule has 0 fully saturated rings. The number of hydrogen-bond donors (Lipinski definition) is 2. The van der Waals surface area contributed by atoms with Crippen LogP contribution < -0.4 is 15.4 Å². The van der Waals surface area contributed by atoms with E-state index in [-0.39, 0.29) is 11.0 Å². The van der Waals surface area contributed by atoms with Crippen LogP contribution in [-0.2, 0) is 6.42 Å². The van der Waals surface area contributed by atoms with Gasteiger partial charge in [0.25, 0.3) is 5.91 Å². The molecule has 0 radical (unpaired) electrons. The fourth-order valence-electron chi connectivity index (χ4n) is 2.54. The fourth-order valence-corrected chi connectivity index (χ4v) is 3.39. The van der Waals surface area contributed by atoms with Gasteiger partial charge in [-0.3, -0.25) is 10.1 Å². The molecule has 0 atom stereocenters. The van der Waals surface area contributed by atoms with Gasteiger partial charge in [0.15, 0.2) is 5.11 Å². The summed E-state index contributed by atoms with van der Waals surface area (Å²) in [4.78, 5) is 12.3. The molecular formula is C22H19IN2O2S. The molecule has 0 aliphatic heterocycles. The van der Waals surface area contributed by atoms with Crippen molar-refractivity contribution in [3.8, 4) is 5.75 Å². The highest BCUT2D eigenvalue weighted by molar-refractivity contribution is 14.1. The third-order valence-corrected chi connectivity index (χ3v) is 5.10. The Kier molecular flexibility index (Phi) is 7.39. The van der Waals surface area contributed by atoms with Crippen LogP contribution in [0.5, 0.6) is 5.75 Å². The fraction of sp³-hybridized carbons (Fsp3) is 0.0909. The van der Waals surface area contributed by atoms with Gasteiger partial charge in [-0.15, -0.1) is 0 Å². The van der Waals surface area contributed by atoms with Crippen molar-refractivity contribution in [2.24, 2.45) is 0 Å². The van der Waals surface area contributed by atoms with Gasteiger partial charge in [-0.25, -0.2) is 0 Å². The average Bonchev–Trinajstić information content (AvgIpc) is 2.70. The molecule has 0 heterocycles. The summed E-state index contributed by atoms with van der Waals surface area (Å²) in [7, 11) is 0. The van der Waals surface area contributed by atoms with E-state index in [1.807, 2.05) is 60.7 Å². The molecular weight excluding hydrogens is 483 g/mol. The van der Waals surface area contributed by atoms with E-state index in [0.717, 1.165) is 21.4 Å². The van der Waals surface area contributed by atoms with E-state index >= 15 is 0 Å². The van der Waals surface area contributed by atoms with Crippen molar-refractivity contribution in [2.45, 2.75) is 6.42 Å². The van der Waals surface area contributed by atoms with Crippen molar-refractivity contribution in [3.05, 3.63) is 93.6 Å². The molecule has 0 aromatic heterocycles. The van der Waals surface area contributed by atoms with Crippen molar-refractivity contribution in [2.75, 3.05) is 11.9 Å². The minimum Gasteiger partial charge on any atom is -0.493 e. The lowest BCUT2D eigenvalue weighted by Crippen LogP contribution is -2.34. The number of thiocarbonyl (C=S) groups is 1. The highest BCUT2D eigenvalue weighted by Gasteiger charge is 2.10. The zero-order valence-corrected chi connectivity index (χ0v) is 18.0. The Morgan fingerprint density at radius 2 is 1.61 bits per heavy atom. The van der Waals surface area contributed by atoms with Crippen molar-refractivity contribution < 1.29 is 9.53 Å². The topological polar surface area (TPSA) is 50.4 Å². The molecule has 0 aliphatic carbocycles. The first-order chi connectivity index (χ1) is 13.6.